The fourth-order valence-corrected chi connectivity index (χ4v) is 2.15. The average Bonchev–Trinajstić information content (AvgIpc) is 2.56. The first-order valence-corrected chi connectivity index (χ1v) is 7.88. The fourth-order valence-electron chi connectivity index (χ4n) is 1.82. The van der Waals surface area contributed by atoms with Crippen molar-refractivity contribution in [1.29, 1.82) is 0 Å². The molecule has 0 atom stereocenters. The Kier molecular flexibility index (Phi) is 11.6. The quantitative estimate of drug-likeness (QED) is 0.645. The third-order valence-corrected chi connectivity index (χ3v) is 3.82. The van der Waals surface area contributed by atoms with Crippen molar-refractivity contribution < 1.29 is 9.53 Å². The minimum Gasteiger partial charge on any atom is -0.437 e. The van der Waals surface area contributed by atoms with Gasteiger partial charge in [-0.25, -0.2) is 4.98 Å². The second-order valence-corrected chi connectivity index (χ2v) is 5.54. The standard InChI is InChI=1S/C16H17Cl2N3O2.2ClH/c1-19-8-3-9-20-16(22)11-6-7-14(21-10-11)23-13-5-2-4-12(17)15(13)18;;/h2,4-7,10,19H,3,8-9H2,1H3,(H,20,22);2*1H. The van der Waals surface area contributed by atoms with Crippen LogP contribution in [0.1, 0.15) is 16.8 Å². The lowest BCUT2D eigenvalue weighted by Gasteiger charge is -2.08. The lowest BCUT2D eigenvalue weighted by molar-refractivity contribution is 0.0953. The van der Waals surface area contributed by atoms with Crippen molar-refractivity contribution in [2.45, 2.75) is 6.42 Å². The van der Waals surface area contributed by atoms with E-state index < -0.39 is 0 Å². The first-order chi connectivity index (χ1) is 11.1. The number of benzene rings is 1. The molecule has 0 aliphatic rings. The van der Waals surface area contributed by atoms with Crippen molar-refractivity contribution in [2.24, 2.45) is 0 Å². The number of ether oxygens (including phenoxy) is 1. The Morgan fingerprint density at radius 2 is 1.92 bits per heavy atom. The summed E-state index contributed by atoms with van der Waals surface area (Å²) in [5.41, 5.74) is 0.471. The lowest BCUT2D eigenvalue weighted by atomic mass is 10.2. The third-order valence-electron chi connectivity index (χ3n) is 3.02. The molecular weight excluding hydrogens is 408 g/mol. The highest BCUT2D eigenvalue weighted by Gasteiger charge is 2.09. The summed E-state index contributed by atoms with van der Waals surface area (Å²) in [5, 5.41) is 6.57. The van der Waals surface area contributed by atoms with Gasteiger partial charge in [0, 0.05) is 18.8 Å². The van der Waals surface area contributed by atoms with Crippen molar-refractivity contribution in [3.8, 4) is 11.6 Å². The van der Waals surface area contributed by atoms with Crippen molar-refractivity contribution in [1.82, 2.24) is 15.6 Å². The zero-order valence-corrected chi connectivity index (χ0v) is 16.6. The molecule has 1 amide bonds. The van der Waals surface area contributed by atoms with Gasteiger partial charge in [-0.1, -0.05) is 29.3 Å². The van der Waals surface area contributed by atoms with E-state index in [1.54, 1.807) is 30.3 Å². The first kappa shape index (κ1) is 23.8. The third kappa shape index (κ3) is 7.26. The number of amides is 1. The fraction of sp³-hybridized carbons (Fsp3) is 0.250. The predicted octanol–water partition coefficient (Wildman–Crippen LogP) is 4.36. The zero-order valence-electron chi connectivity index (χ0n) is 13.4. The molecule has 0 fully saturated rings. The van der Waals surface area contributed by atoms with Gasteiger partial charge in [-0.15, -0.1) is 24.8 Å². The molecule has 25 heavy (non-hydrogen) atoms. The van der Waals surface area contributed by atoms with Gasteiger partial charge in [0.2, 0.25) is 5.88 Å². The molecule has 2 rings (SSSR count). The molecule has 0 bridgehead atoms. The molecule has 0 aliphatic heterocycles. The van der Waals surface area contributed by atoms with Crippen LogP contribution < -0.4 is 15.4 Å². The Balaban J connectivity index is 0.00000288. The van der Waals surface area contributed by atoms with Gasteiger partial charge in [-0.3, -0.25) is 4.79 Å². The summed E-state index contributed by atoms with van der Waals surface area (Å²) < 4.78 is 5.57. The van der Waals surface area contributed by atoms with Crippen molar-refractivity contribution in [3.05, 3.63) is 52.1 Å². The molecule has 1 heterocycles. The van der Waals surface area contributed by atoms with Crippen LogP contribution in [0.25, 0.3) is 0 Å². The Labute approximate surface area is 169 Å². The highest BCUT2D eigenvalue weighted by atomic mass is 35.5. The molecule has 2 aromatic rings. The van der Waals surface area contributed by atoms with Gasteiger partial charge < -0.3 is 15.4 Å². The van der Waals surface area contributed by atoms with Crippen LogP contribution in [-0.4, -0.2) is 31.0 Å². The van der Waals surface area contributed by atoms with Crippen LogP contribution >= 0.6 is 48.0 Å². The van der Waals surface area contributed by atoms with E-state index in [1.165, 1.54) is 6.20 Å². The topological polar surface area (TPSA) is 63.2 Å². The summed E-state index contributed by atoms with van der Waals surface area (Å²) in [4.78, 5) is 16.0. The monoisotopic (exact) mass is 425 g/mol. The molecular formula is C16H19Cl4N3O2. The first-order valence-electron chi connectivity index (χ1n) is 7.12. The number of hydrogen-bond acceptors (Lipinski definition) is 4. The minimum absolute atomic E-state index is 0. The van der Waals surface area contributed by atoms with E-state index in [0.29, 0.717) is 33.8 Å². The van der Waals surface area contributed by atoms with E-state index in [-0.39, 0.29) is 30.7 Å². The van der Waals surface area contributed by atoms with Gasteiger partial charge in [-0.2, -0.15) is 0 Å². The van der Waals surface area contributed by atoms with Gasteiger partial charge >= 0.3 is 0 Å². The number of hydrogen-bond donors (Lipinski definition) is 2. The summed E-state index contributed by atoms with van der Waals surface area (Å²) in [6, 6.07) is 8.36. The van der Waals surface area contributed by atoms with E-state index in [0.717, 1.165) is 13.0 Å². The SMILES string of the molecule is CNCCCNC(=O)c1ccc(Oc2cccc(Cl)c2Cl)nc1.Cl.Cl. The number of rotatable bonds is 7. The number of nitrogens with one attached hydrogen (secondary N) is 2. The van der Waals surface area contributed by atoms with E-state index in [2.05, 4.69) is 15.6 Å². The Bertz CT molecular complexity index is 669. The molecule has 0 unspecified atom stereocenters. The van der Waals surface area contributed by atoms with Crippen LogP contribution in [0, 0.1) is 0 Å². The summed E-state index contributed by atoms with van der Waals surface area (Å²) in [6.07, 6.45) is 2.32. The normalized spacial score (nSPS) is 9.56. The van der Waals surface area contributed by atoms with Gasteiger partial charge in [-0.05, 0) is 38.2 Å². The zero-order chi connectivity index (χ0) is 16.7. The molecule has 0 saturated heterocycles. The summed E-state index contributed by atoms with van der Waals surface area (Å²) in [6.45, 7) is 1.46. The van der Waals surface area contributed by atoms with Crippen LogP contribution in [0.15, 0.2) is 36.5 Å². The van der Waals surface area contributed by atoms with Gasteiger partial charge in [0.1, 0.15) is 10.8 Å². The van der Waals surface area contributed by atoms with Gasteiger partial charge in [0.15, 0.2) is 0 Å². The number of nitrogens with zero attached hydrogens (tertiary/aromatic N) is 1. The van der Waals surface area contributed by atoms with Gasteiger partial charge in [0.25, 0.3) is 5.91 Å². The van der Waals surface area contributed by atoms with Crippen LogP contribution in [0.2, 0.25) is 10.0 Å². The Morgan fingerprint density at radius 1 is 1.16 bits per heavy atom. The van der Waals surface area contributed by atoms with E-state index >= 15 is 0 Å². The number of halogens is 4. The maximum absolute atomic E-state index is 11.9. The predicted molar refractivity (Wildman–Crippen MR) is 106 cm³/mol. The Morgan fingerprint density at radius 3 is 2.56 bits per heavy atom. The lowest BCUT2D eigenvalue weighted by Crippen LogP contribution is -2.26. The largest absolute Gasteiger partial charge is 0.437 e. The molecule has 0 saturated carbocycles. The van der Waals surface area contributed by atoms with E-state index in [4.69, 9.17) is 27.9 Å². The molecule has 9 heteroatoms. The van der Waals surface area contributed by atoms with E-state index in [1.807, 2.05) is 7.05 Å². The summed E-state index contributed by atoms with van der Waals surface area (Å²) in [7, 11) is 1.87. The van der Waals surface area contributed by atoms with Gasteiger partial charge in [0.05, 0.1) is 10.6 Å². The average molecular weight is 427 g/mol. The van der Waals surface area contributed by atoms with Crippen molar-refractivity contribution in [3.63, 3.8) is 0 Å². The number of carbonyl (C=O) groups excluding carboxylic acids is 1. The molecule has 138 valence electrons. The van der Waals surface area contributed by atoms with Crippen LogP contribution in [-0.2, 0) is 0 Å². The van der Waals surface area contributed by atoms with Crippen molar-refractivity contribution >= 4 is 53.9 Å². The highest BCUT2D eigenvalue weighted by Crippen LogP contribution is 2.33. The molecule has 0 aliphatic carbocycles. The van der Waals surface area contributed by atoms with Crippen LogP contribution in [0.4, 0.5) is 0 Å². The maximum atomic E-state index is 11.9. The second kappa shape index (κ2) is 12.2. The maximum Gasteiger partial charge on any atom is 0.252 e. The molecule has 5 nitrogen and oxygen atoms in total. The second-order valence-electron chi connectivity index (χ2n) is 4.75. The molecule has 0 spiro atoms. The van der Waals surface area contributed by atoms with Crippen molar-refractivity contribution in [2.75, 3.05) is 20.1 Å². The molecule has 1 aromatic carbocycles. The van der Waals surface area contributed by atoms with Crippen LogP contribution in [0.3, 0.4) is 0 Å². The Hall–Kier alpha value is -1.24. The highest BCUT2D eigenvalue weighted by molar-refractivity contribution is 6.42. The molecule has 0 radical (unpaired) electrons. The molecule has 2 N–H and O–H groups in total. The minimum atomic E-state index is -0.166. The smallest absolute Gasteiger partial charge is 0.252 e. The summed E-state index contributed by atoms with van der Waals surface area (Å²) >= 11 is 12.0. The molecule has 1 aromatic heterocycles. The van der Waals surface area contributed by atoms with Crippen LogP contribution in [0.5, 0.6) is 11.6 Å². The number of aromatic nitrogens is 1. The number of pyridine rings is 1. The van der Waals surface area contributed by atoms with E-state index in [9.17, 15) is 4.79 Å². The summed E-state index contributed by atoms with van der Waals surface area (Å²) in [5.74, 6) is 0.581. The number of carbonyl (C=O) groups is 1.